The Morgan fingerprint density at radius 3 is 2.30 bits per heavy atom. The minimum atomic E-state index is -1.16. The molecule has 0 rings (SSSR count). The minimum Gasteiger partial charge on any atom is -0.372 e. The normalized spacial score (nSPS) is 16.9. The summed E-state index contributed by atoms with van der Waals surface area (Å²) in [7, 11) is 0. The van der Waals surface area contributed by atoms with Gasteiger partial charge in [0.1, 0.15) is 0 Å². The van der Waals surface area contributed by atoms with Gasteiger partial charge < -0.3 is 5.11 Å². The van der Waals surface area contributed by atoms with E-state index in [2.05, 4.69) is 0 Å². The largest absolute Gasteiger partial charge is 0.372 e. The summed E-state index contributed by atoms with van der Waals surface area (Å²) in [5.74, 6) is 0.350. The highest BCUT2D eigenvalue weighted by Crippen LogP contribution is 2.24. The Morgan fingerprint density at radius 1 is 1.70 bits per heavy atom. The molecule has 3 heteroatoms. The van der Waals surface area contributed by atoms with Crippen LogP contribution in [0.5, 0.6) is 0 Å². The first-order valence-electron chi connectivity index (χ1n) is 3.28. The first kappa shape index (κ1) is 9.98. The van der Waals surface area contributed by atoms with Crippen molar-refractivity contribution in [1.82, 2.24) is 0 Å². The molecule has 60 valence electrons. The number of hydrogen-bond acceptors (Lipinski definition) is 3. The van der Waals surface area contributed by atoms with Gasteiger partial charge in [-0.2, -0.15) is 0 Å². The molecular weight excluding hydrogens is 148 g/mol. The van der Waals surface area contributed by atoms with Crippen molar-refractivity contribution < 1.29 is 9.90 Å². The van der Waals surface area contributed by atoms with Crippen molar-refractivity contribution in [3.63, 3.8) is 0 Å². The average molecular weight is 162 g/mol. The lowest BCUT2D eigenvalue weighted by atomic mass is 10.1. The molecule has 0 aliphatic heterocycles. The maximum absolute atomic E-state index is 10.3. The molecule has 0 aromatic rings. The standard InChI is InChI=1S/C7H14O2S/c1-6(2)4-7(9,5-8)10-3/h5-6,9H,4H2,1-3H3. The van der Waals surface area contributed by atoms with Crippen molar-refractivity contribution in [2.75, 3.05) is 6.26 Å². The predicted molar refractivity (Wildman–Crippen MR) is 44.0 cm³/mol. The summed E-state index contributed by atoms with van der Waals surface area (Å²) in [6.45, 7) is 3.95. The van der Waals surface area contributed by atoms with Gasteiger partial charge in [0.2, 0.25) is 0 Å². The smallest absolute Gasteiger partial charge is 0.165 e. The molecule has 0 aliphatic carbocycles. The first-order chi connectivity index (χ1) is 4.54. The van der Waals surface area contributed by atoms with Crippen LogP contribution in [0, 0.1) is 5.92 Å². The molecule has 0 heterocycles. The topological polar surface area (TPSA) is 37.3 Å². The molecular formula is C7H14O2S. The van der Waals surface area contributed by atoms with E-state index in [0.29, 0.717) is 18.6 Å². The fraction of sp³-hybridized carbons (Fsp3) is 0.857. The van der Waals surface area contributed by atoms with Gasteiger partial charge in [0, 0.05) is 0 Å². The Morgan fingerprint density at radius 2 is 2.20 bits per heavy atom. The van der Waals surface area contributed by atoms with E-state index in [-0.39, 0.29) is 0 Å². The minimum absolute atomic E-state index is 0.350. The maximum atomic E-state index is 10.3. The van der Waals surface area contributed by atoms with Gasteiger partial charge in [-0.15, -0.1) is 11.8 Å². The summed E-state index contributed by atoms with van der Waals surface area (Å²) < 4.78 is 0. The van der Waals surface area contributed by atoms with Gasteiger partial charge in [-0.05, 0) is 18.6 Å². The van der Waals surface area contributed by atoms with Crippen molar-refractivity contribution in [3.8, 4) is 0 Å². The van der Waals surface area contributed by atoms with Crippen molar-refractivity contribution in [2.45, 2.75) is 25.2 Å². The molecule has 0 bridgehead atoms. The summed E-state index contributed by atoms with van der Waals surface area (Å²) >= 11 is 1.19. The molecule has 0 spiro atoms. The summed E-state index contributed by atoms with van der Waals surface area (Å²) in [5.41, 5.74) is 0. The van der Waals surface area contributed by atoms with E-state index in [1.807, 2.05) is 13.8 Å². The van der Waals surface area contributed by atoms with E-state index in [1.165, 1.54) is 11.8 Å². The summed E-state index contributed by atoms with van der Waals surface area (Å²) in [5, 5.41) is 9.39. The lowest BCUT2D eigenvalue weighted by Gasteiger charge is -2.20. The second-order valence-electron chi connectivity index (χ2n) is 2.76. The zero-order valence-corrected chi connectivity index (χ0v) is 7.44. The number of aliphatic hydroxyl groups is 1. The van der Waals surface area contributed by atoms with Crippen LogP contribution in [0.1, 0.15) is 20.3 Å². The molecule has 0 aliphatic rings. The van der Waals surface area contributed by atoms with E-state index in [4.69, 9.17) is 0 Å². The van der Waals surface area contributed by atoms with E-state index >= 15 is 0 Å². The summed E-state index contributed by atoms with van der Waals surface area (Å²) in [6.07, 6.45) is 2.87. The number of aldehydes is 1. The molecule has 1 atom stereocenters. The van der Waals surface area contributed by atoms with Gasteiger partial charge in [-0.3, -0.25) is 4.79 Å². The Bertz CT molecular complexity index is 114. The number of carbonyl (C=O) groups excluding carboxylic acids is 1. The third kappa shape index (κ3) is 3.22. The molecule has 0 radical (unpaired) electrons. The van der Waals surface area contributed by atoms with Crippen LogP contribution < -0.4 is 0 Å². The summed E-state index contributed by atoms with van der Waals surface area (Å²) in [6, 6.07) is 0. The molecule has 0 amide bonds. The number of rotatable bonds is 4. The van der Waals surface area contributed by atoms with Crippen molar-refractivity contribution >= 4 is 18.0 Å². The van der Waals surface area contributed by atoms with Gasteiger partial charge in [-0.25, -0.2) is 0 Å². The molecule has 10 heavy (non-hydrogen) atoms. The SMILES string of the molecule is CSC(O)(C=O)CC(C)C. The van der Waals surface area contributed by atoms with E-state index in [0.717, 1.165) is 0 Å². The summed E-state index contributed by atoms with van der Waals surface area (Å²) in [4.78, 5) is 9.16. The lowest BCUT2D eigenvalue weighted by Crippen LogP contribution is -2.27. The van der Waals surface area contributed by atoms with Crippen LogP contribution in [0.3, 0.4) is 0 Å². The molecule has 2 nitrogen and oxygen atoms in total. The Balaban J connectivity index is 3.92. The highest BCUT2D eigenvalue weighted by molar-refractivity contribution is 8.00. The van der Waals surface area contributed by atoms with Gasteiger partial charge in [-0.1, -0.05) is 13.8 Å². The molecule has 1 N–H and O–H groups in total. The van der Waals surface area contributed by atoms with Crippen LogP contribution in [0.15, 0.2) is 0 Å². The van der Waals surface area contributed by atoms with Crippen LogP contribution in [0.4, 0.5) is 0 Å². The fourth-order valence-electron chi connectivity index (χ4n) is 0.765. The van der Waals surface area contributed by atoms with Crippen molar-refractivity contribution in [3.05, 3.63) is 0 Å². The predicted octanol–water partition coefficient (Wildman–Crippen LogP) is 1.28. The quantitative estimate of drug-likeness (QED) is 0.500. The van der Waals surface area contributed by atoms with Crippen LogP contribution in [-0.4, -0.2) is 22.6 Å². The van der Waals surface area contributed by atoms with Crippen LogP contribution >= 0.6 is 11.8 Å². The van der Waals surface area contributed by atoms with E-state index in [9.17, 15) is 9.90 Å². The first-order valence-corrected chi connectivity index (χ1v) is 4.50. The van der Waals surface area contributed by atoms with Gasteiger partial charge in [0.15, 0.2) is 11.2 Å². The van der Waals surface area contributed by atoms with E-state index < -0.39 is 4.93 Å². The van der Waals surface area contributed by atoms with Crippen molar-refractivity contribution in [2.24, 2.45) is 5.92 Å². The van der Waals surface area contributed by atoms with Gasteiger partial charge in [0.05, 0.1) is 0 Å². The van der Waals surface area contributed by atoms with Gasteiger partial charge in [0.25, 0.3) is 0 Å². The molecule has 0 saturated heterocycles. The fourth-order valence-corrected chi connectivity index (χ4v) is 1.36. The maximum Gasteiger partial charge on any atom is 0.165 e. The second-order valence-corrected chi connectivity index (χ2v) is 3.88. The Kier molecular flexibility index (Phi) is 3.98. The van der Waals surface area contributed by atoms with E-state index in [1.54, 1.807) is 6.26 Å². The highest BCUT2D eigenvalue weighted by Gasteiger charge is 2.25. The number of hydrogen-bond donors (Lipinski definition) is 1. The van der Waals surface area contributed by atoms with Crippen LogP contribution in [0.25, 0.3) is 0 Å². The molecule has 1 unspecified atom stereocenters. The zero-order chi connectivity index (χ0) is 8.20. The number of carbonyl (C=O) groups is 1. The zero-order valence-electron chi connectivity index (χ0n) is 6.63. The lowest BCUT2D eigenvalue weighted by molar-refractivity contribution is -0.117. The average Bonchev–Trinajstić information content (AvgIpc) is 1.87. The monoisotopic (exact) mass is 162 g/mol. The second kappa shape index (κ2) is 3.98. The molecule has 0 saturated carbocycles. The highest BCUT2D eigenvalue weighted by atomic mass is 32.2. The Hall–Kier alpha value is -0.0200. The third-order valence-corrected chi connectivity index (χ3v) is 2.21. The third-order valence-electron chi connectivity index (χ3n) is 1.24. The molecule has 0 aromatic carbocycles. The Labute approximate surface area is 66.0 Å². The molecule has 0 aromatic heterocycles. The van der Waals surface area contributed by atoms with Crippen molar-refractivity contribution in [1.29, 1.82) is 0 Å². The van der Waals surface area contributed by atoms with Crippen LogP contribution in [0.2, 0.25) is 0 Å². The van der Waals surface area contributed by atoms with Crippen LogP contribution in [-0.2, 0) is 4.79 Å². The molecule has 0 fully saturated rings. The van der Waals surface area contributed by atoms with Gasteiger partial charge >= 0.3 is 0 Å². The number of thioether (sulfide) groups is 1.